The van der Waals surface area contributed by atoms with Crippen molar-refractivity contribution >= 4 is 17.5 Å². The second-order valence-corrected chi connectivity index (χ2v) is 2.79. The van der Waals surface area contributed by atoms with Crippen LogP contribution in [-0.4, -0.2) is 29.0 Å². The van der Waals surface area contributed by atoms with Gasteiger partial charge in [-0.15, -0.1) is 0 Å². The number of nitrogens with one attached hydrogen (secondary N) is 1. The molecule has 0 bridgehead atoms. The van der Waals surface area contributed by atoms with Crippen LogP contribution in [0.5, 0.6) is 0 Å². The first-order valence-electron chi connectivity index (χ1n) is 4.64. The number of aromatic nitrogens is 1. The van der Waals surface area contributed by atoms with E-state index in [1.54, 1.807) is 13.0 Å². The lowest BCUT2D eigenvalue weighted by molar-refractivity contribution is -0.388. The van der Waals surface area contributed by atoms with E-state index in [4.69, 9.17) is 0 Å². The van der Waals surface area contributed by atoms with E-state index in [0.29, 0.717) is 0 Å². The molecule has 0 aliphatic heterocycles. The maximum atomic E-state index is 11.0. The number of anilines is 1. The summed E-state index contributed by atoms with van der Waals surface area (Å²) >= 11 is 0. The van der Waals surface area contributed by atoms with Gasteiger partial charge in [0, 0.05) is 0 Å². The van der Waals surface area contributed by atoms with Crippen molar-refractivity contribution in [1.29, 1.82) is 0 Å². The van der Waals surface area contributed by atoms with Gasteiger partial charge in [0.1, 0.15) is 18.4 Å². The number of nitro groups is 1. The Hall–Kier alpha value is -2.18. The largest absolute Gasteiger partial charge is 0.465 e. The van der Waals surface area contributed by atoms with Crippen LogP contribution in [0.1, 0.15) is 6.92 Å². The van der Waals surface area contributed by atoms with Gasteiger partial charge in [-0.05, 0) is 29.0 Å². The summed E-state index contributed by atoms with van der Waals surface area (Å²) in [7, 11) is 0. The SMILES string of the molecule is CCOC(=O)CNc1cccnc1[N+](=O)[O-]. The molecule has 1 N–H and O–H groups in total. The van der Waals surface area contributed by atoms with Crippen LogP contribution >= 0.6 is 0 Å². The molecule has 7 heteroatoms. The van der Waals surface area contributed by atoms with E-state index in [9.17, 15) is 14.9 Å². The van der Waals surface area contributed by atoms with Crippen molar-refractivity contribution in [3.8, 4) is 0 Å². The lowest BCUT2D eigenvalue weighted by atomic mass is 10.4. The summed E-state index contributed by atoms with van der Waals surface area (Å²) in [5.41, 5.74) is 0.195. The number of pyridine rings is 1. The molecule has 86 valence electrons. The summed E-state index contributed by atoms with van der Waals surface area (Å²) in [6.45, 7) is 1.83. The summed E-state index contributed by atoms with van der Waals surface area (Å²) in [6, 6.07) is 3.02. The van der Waals surface area contributed by atoms with E-state index < -0.39 is 10.9 Å². The number of ether oxygens (including phenoxy) is 1. The van der Waals surface area contributed by atoms with E-state index in [1.807, 2.05) is 0 Å². The highest BCUT2D eigenvalue weighted by molar-refractivity contribution is 5.76. The first-order valence-corrected chi connectivity index (χ1v) is 4.64. The van der Waals surface area contributed by atoms with Gasteiger partial charge in [0.15, 0.2) is 0 Å². The van der Waals surface area contributed by atoms with Crippen LogP contribution in [-0.2, 0) is 9.53 Å². The molecule has 0 atom stereocenters. The van der Waals surface area contributed by atoms with Crippen molar-refractivity contribution in [2.75, 3.05) is 18.5 Å². The Morgan fingerprint density at radius 3 is 3.06 bits per heavy atom. The Kier molecular flexibility index (Phi) is 4.19. The molecular weight excluding hydrogens is 214 g/mol. The van der Waals surface area contributed by atoms with Gasteiger partial charge in [0.2, 0.25) is 0 Å². The fourth-order valence-electron chi connectivity index (χ4n) is 1.06. The number of carbonyl (C=O) groups is 1. The van der Waals surface area contributed by atoms with Gasteiger partial charge in [0.25, 0.3) is 0 Å². The summed E-state index contributed by atoms with van der Waals surface area (Å²) in [5.74, 6) is -0.785. The molecule has 0 aliphatic rings. The second kappa shape index (κ2) is 5.64. The van der Waals surface area contributed by atoms with Gasteiger partial charge in [0.05, 0.1) is 6.61 Å². The monoisotopic (exact) mass is 225 g/mol. The standard InChI is InChI=1S/C9H11N3O4/c1-2-16-8(13)6-11-7-4-3-5-10-9(7)12(14)15/h3-5,11H,2,6H2,1H3. The Labute approximate surface area is 91.6 Å². The van der Waals surface area contributed by atoms with Gasteiger partial charge >= 0.3 is 11.8 Å². The molecule has 0 spiro atoms. The molecule has 16 heavy (non-hydrogen) atoms. The smallest absolute Gasteiger partial charge is 0.386 e. The third kappa shape index (κ3) is 3.19. The van der Waals surface area contributed by atoms with Gasteiger partial charge in [-0.1, -0.05) is 0 Å². The predicted octanol–water partition coefficient (Wildman–Crippen LogP) is 0.965. The minimum Gasteiger partial charge on any atom is -0.465 e. The van der Waals surface area contributed by atoms with Crippen molar-refractivity contribution < 1.29 is 14.5 Å². The lowest BCUT2D eigenvalue weighted by Gasteiger charge is -2.05. The van der Waals surface area contributed by atoms with Gasteiger partial charge in [-0.3, -0.25) is 4.79 Å². The van der Waals surface area contributed by atoms with Crippen LogP contribution in [0.4, 0.5) is 11.5 Å². The highest BCUT2D eigenvalue weighted by Gasteiger charge is 2.14. The Morgan fingerprint density at radius 1 is 1.69 bits per heavy atom. The molecule has 0 aromatic carbocycles. The molecule has 1 heterocycles. The first kappa shape index (κ1) is 11.9. The average molecular weight is 225 g/mol. The van der Waals surface area contributed by atoms with E-state index >= 15 is 0 Å². The minimum atomic E-state index is -0.618. The van der Waals surface area contributed by atoms with Crippen LogP contribution in [0.3, 0.4) is 0 Å². The van der Waals surface area contributed by atoms with Crippen LogP contribution < -0.4 is 5.32 Å². The first-order chi connectivity index (χ1) is 7.65. The number of hydrogen-bond donors (Lipinski definition) is 1. The molecule has 1 aromatic rings. The van der Waals surface area contributed by atoms with Crippen molar-refractivity contribution in [1.82, 2.24) is 4.98 Å². The molecule has 0 amide bonds. The molecule has 0 unspecified atom stereocenters. The van der Waals surface area contributed by atoms with E-state index in [-0.39, 0.29) is 24.7 Å². The van der Waals surface area contributed by atoms with Crippen LogP contribution in [0.15, 0.2) is 18.3 Å². The number of hydrogen-bond acceptors (Lipinski definition) is 6. The summed E-state index contributed by atoms with van der Waals surface area (Å²) in [6.07, 6.45) is 1.31. The summed E-state index contributed by atoms with van der Waals surface area (Å²) in [5, 5.41) is 13.2. The van der Waals surface area contributed by atoms with E-state index in [0.717, 1.165) is 0 Å². The second-order valence-electron chi connectivity index (χ2n) is 2.79. The van der Waals surface area contributed by atoms with Crippen molar-refractivity contribution in [3.63, 3.8) is 0 Å². The predicted molar refractivity (Wildman–Crippen MR) is 56.0 cm³/mol. The third-order valence-electron chi connectivity index (χ3n) is 1.69. The molecule has 0 saturated carbocycles. The number of esters is 1. The summed E-state index contributed by atoms with van der Waals surface area (Å²) < 4.78 is 4.67. The molecule has 7 nitrogen and oxygen atoms in total. The lowest BCUT2D eigenvalue weighted by Crippen LogP contribution is -2.17. The fourth-order valence-corrected chi connectivity index (χ4v) is 1.06. The van der Waals surface area contributed by atoms with Crippen LogP contribution in [0, 0.1) is 10.1 Å². The van der Waals surface area contributed by atoms with Crippen molar-refractivity contribution in [2.24, 2.45) is 0 Å². The molecule has 1 rings (SSSR count). The zero-order valence-corrected chi connectivity index (χ0v) is 8.67. The maximum Gasteiger partial charge on any atom is 0.386 e. The van der Waals surface area contributed by atoms with Crippen LogP contribution in [0.2, 0.25) is 0 Å². The summed E-state index contributed by atoms with van der Waals surface area (Å²) in [4.78, 5) is 24.6. The van der Waals surface area contributed by atoms with Crippen molar-refractivity contribution in [2.45, 2.75) is 6.92 Å². The molecule has 0 aliphatic carbocycles. The average Bonchev–Trinajstić information content (AvgIpc) is 2.27. The zero-order valence-electron chi connectivity index (χ0n) is 8.67. The normalized spacial score (nSPS) is 9.56. The quantitative estimate of drug-likeness (QED) is 0.455. The zero-order chi connectivity index (χ0) is 12.0. The van der Waals surface area contributed by atoms with E-state index in [1.165, 1.54) is 12.3 Å². The maximum absolute atomic E-state index is 11.0. The molecular formula is C9H11N3O4. The fraction of sp³-hybridized carbons (Fsp3) is 0.333. The topological polar surface area (TPSA) is 94.4 Å². The third-order valence-corrected chi connectivity index (χ3v) is 1.69. The molecule has 0 fully saturated rings. The highest BCUT2D eigenvalue weighted by Crippen LogP contribution is 2.19. The molecule has 1 aromatic heterocycles. The van der Waals surface area contributed by atoms with Gasteiger partial charge < -0.3 is 20.2 Å². The highest BCUT2D eigenvalue weighted by atomic mass is 16.6. The Morgan fingerprint density at radius 2 is 2.44 bits per heavy atom. The minimum absolute atomic E-state index is 0.125. The molecule has 0 radical (unpaired) electrons. The molecule has 0 saturated heterocycles. The van der Waals surface area contributed by atoms with E-state index in [2.05, 4.69) is 15.0 Å². The van der Waals surface area contributed by atoms with Crippen LogP contribution in [0.25, 0.3) is 0 Å². The van der Waals surface area contributed by atoms with Gasteiger partial charge in [-0.2, -0.15) is 0 Å². The number of rotatable bonds is 5. The number of carbonyl (C=O) groups excluding carboxylic acids is 1. The Balaban J connectivity index is 2.66. The van der Waals surface area contributed by atoms with Gasteiger partial charge in [-0.25, -0.2) is 0 Å². The van der Waals surface area contributed by atoms with Crippen molar-refractivity contribution in [3.05, 3.63) is 28.4 Å². The number of nitrogens with zero attached hydrogens (tertiary/aromatic N) is 2. The Bertz CT molecular complexity index is 394.